The van der Waals surface area contributed by atoms with E-state index in [2.05, 4.69) is 19.8 Å². The van der Waals surface area contributed by atoms with Gasteiger partial charge < -0.3 is 19.9 Å². The second kappa shape index (κ2) is 5.47. The monoisotopic (exact) mass is 286 g/mol. The summed E-state index contributed by atoms with van der Waals surface area (Å²) >= 11 is 0. The minimum atomic E-state index is -0.124. The van der Waals surface area contributed by atoms with Crippen LogP contribution in [0, 0.1) is 6.92 Å². The van der Waals surface area contributed by atoms with Crippen LogP contribution in [0.1, 0.15) is 5.82 Å². The molecule has 1 fully saturated rings. The Kier molecular flexibility index (Phi) is 3.51. The first-order valence-corrected chi connectivity index (χ1v) is 6.99. The van der Waals surface area contributed by atoms with Gasteiger partial charge in [0, 0.05) is 32.2 Å². The summed E-state index contributed by atoms with van der Waals surface area (Å²) in [6.45, 7) is 4.88. The smallest absolute Gasteiger partial charge is 0.252 e. The molecule has 2 N–H and O–H groups in total. The van der Waals surface area contributed by atoms with Crippen LogP contribution in [-0.4, -0.2) is 41.3 Å². The number of phenols is 1. The van der Waals surface area contributed by atoms with Crippen LogP contribution in [0.25, 0.3) is 0 Å². The molecule has 1 aromatic heterocycles. The van der Waals surface area contributed by atoms with Crippen molar-refractivity contribution in [3.63, 3.8) is 0 Å². The molecule has 110 valence electrons. The van der Waals surface area contributed by atoms with Gasteiger partial charge in [-0.2, -0.15) is 0 Å². The van der Waals surface area contributed by atoms with Gasteiger partial charge in [0.15, 0.2) is 0 Å². The zero-order valence-corrected chi connectivity index (χ0v) is 11.9. The molecule has 0 saturated carbocycles. The van der Waals surface area contributed by atoms with Crippen LogP contribution in [0.3, 0.4) is 0 Å². The first-order valence-electron chi connectivity index (χ1n) is 6.99. The van der Waals surface area contributed by atoms with Crippen molar-refractivity contribution in [2.75, 3.05) is 36.0 Å². The SMILES string of the molecule is Cc1nc(N2CCN(c3ccccc3O)CC2)cc(=O)[nH]1. The quantitative estimate of drug-likeness (QED) is 0.865. The maximum Gasteiger partial charge on any atom is 0.252 e. The summed E-state index contributed by atoms with van der Waals surface area (Å²) in [4.78, 5) is 22.8. The van der Waals surface area contributed by atoms with Gasteiger partial charge in [-0.25, -0.2) is 4.98 Å². The van der Waals surface area contributed by atoms with E-state index in [1.165, 1.54) is 6.07 Å². The largest absolute Gasteiger partial charge is 0.506 e. The standard InChI is InChI=1S/C15H18N4O2/c1-11-16-14(10-15(21)17-11)19-8-6-18(7-9-19)12-4-2-3-5-13(12)20/h2-5,10,20H,6-9H2,1H3,(H,16,17,21). The summed E-state index contributed by atoms with van der Waals surface area (Å²) < 4.78 is 0. The van der Waals surface area contributed by atoms with E-state index in [0.29, 0.717) is 17.4 Å². The Bertz CT molecular complexity index is 690. The summed E-state index contributed by atoms with van der Waals surface area (Å²) in [5, 5.41) is 9.91. The molecule has 2 heterocycles. The number of phenolic OH excluding ortho intramolecular Hbond substituents is 1. The molecule has 0 radical (unpaired) electrons. The van der Waals surface area contributed by atoms with Gasteiger partial charge in [0.2, 0.25) is 0 Å². The van der Waals surface area contributed by atoms with E-state index in [9.17, 15) is 9.90 Å². The molecule has 1 aliphatic heterocycles. The summed E-state index contributed by atoms with van der Waals surface area (Å²) in [6, 6.07) is 8.88. The highest BCUT2D eigenvalue weighted by atomic mass is 16.3. The van der Waals surface area contributed by atoms with E-state index >= 15 is 0 Å². The highest BCUT2D eigenvalue weighted by Crippen LogP contribution is 2.27. The van der Waals surface area contributed by atoms with Crippen LogP contribution in [0.5, 0.6) is 5.75 Å². The molecule has 0 amide bonds. The molecule has 1 aromatic carbocycles. The average molecular weight is 286 g/mol. The molecular weight excluding hydrogens is 268 g/mol. The summed E-state index contributed by atoms with van der Waals surface area (Å²) in [7, 11) is 0. The number of nitrogens with one attached hydrogen (secondary N) is 1. The Labute approximate surface area is 122 Å². The number of piperazine rings is 1. The van der Waals surface area contributed by atoms with Gasteiger partial charge in [-0.3, -0.25) is 4.79 Å². The van der Waals surface area contributed by atoms with Crippen molar-refractivity contribution in [1.82, 2.24) is 9.97 Å². The zero-order valence-electron chi connectivity index (χ0n) is 11.9. The number of aryl methyl sites for hydroxylation is 1. The second-order valence-electron chi connectivity index (χ2n) is 5.15. The van der Waals surface area contributed by atoms with Crippen LogP contribution >= 0.6 is 0 Å². The van der Waals surface area contributed by atoms with Crippen molar-refractivity contribution in [1.29, 1.82) is 0 Å². The molecule has 0 aliphatic carbocycles. The Hall–Kier alpha value is -2.50. The molecule has 1 aliphatic rings. The topological polar surface area (TPSA) is 72.5 Å². The molecule has 0 unspecified atom stereocenters. The fraction of sp³-hybridized carbons (Fsp3) is 0.333. The average Bonchev–Trinajstić information content (AvgIpc) is 2.47. The normalized spacial score (nSPS) is 15.3. The van der Waals surface area contributed by atoms with Crippen molar-refractivity contribution in [2.45, 2.75) is 6.92 Å². The Morgan fingerprint density at radius 2 is 1.81 bits per heavy atom. The Balaban J connectivity index is 1.73. The second-order valence-corrected chi connectivity index (χ2v) is 5.15. The lowest BCUT2D eigenvalue weighted by molar-refractivity contribution is 0.472. The fourth-order valence-electron chi connectivity index (χ4n) is 2.63. The maximum atomic E-state index is 11.5. The number of aromatic nitrogens is 2. The van der Waals surface area contributed by atoms with Crippen molar-refractivity contribution < 1.29 is 5.11 Å². The van der Waals surface area contributed by atoms with Gasteiger partial charge in [-0.15, -0.1) is 0 Å². The third-order valence-corrected chi connectivity index (χ3v) is 3.67. The third kappa shape index (κ3) is 2.84. The van der Waals surface area contributed by atoms with Crippen LogP contribution in [0.15, 0.2) is 35.1 Å². The highest BCUT2D eigenvalue weighted by molar-refractivity contribution is 5.58. The Morgan fingerprint density at radius 1 is 1.14 bits per heavy atom. The van der Waals surface area contributed by atoms with Crippen LogP contribution in [0.4, 0.5) is 11.5 Å². The number of nitrogens with zero attached hydrogens (tertiary/aromatic N) is 3. The third-order valence-electron chi connectivity index (χ3n) is 3.67. The first-order chi connectivity index (χ1) is 10.1. The van der Waals surface area contributed by atoms with E-state index in [1.54, 1.807) is 13.0 Å². The minimum absolute atomic E-state index is 0.124. The number of H-pyrrole nitrogens is 1. The predicted molar refractivity (Wildman–Crippen MR) is 82.1 cm³/mol. The van der Waals surface area contributed by atoms with Gasteiger partial charge in [0.25, 0.3) is 5.56 Å². The lowest BCUT2D eigenvalue weighted by Gasteiger charge is -2.36. The summed E-state index contributed by atoms with van der Waals surface area (Å²) in [6.07, 6.45) is 0. The number of benzene rings is 1. The molecule has 21 heavy (non-hydrogen) atoms. The predicted octanol–water partition coefficient (Wildman–Crippen LogP) is 1.11. The molecule has 6 heteroatoms. The summed E-state index contributed by atoms with van der Waals surface area (Å²) in [5.74, 6) is 1.64. The minimum Gasteiger partial charge on any atom is -0.506 e. The molecule has 3 rings (SSSR count). The summed E-state index contributed by atoms with van der Waals surface area (Å²) in [5.41, 5.74) is 0.729. The zero-order chi connectivity index (χ0) is 14.8. The van der Waals surface area contributed by atoms with Crippen LogP contribution < -0.4 is 15.4 Å². The van der Waals surface area contributed by atoms with E-state index in [1.807, 2.05) is 18.2 Å². The molecule has 0 spiro atoms. The number of aromatic amines is 1. The van der Waals surface area contributed by atoms with Gasteiger partial charge in [-0.05, 0) is 19.1 Å². The first kappa shape index (κ1) is 13.5. The lowest BCUT2D eigenvalue weighted by atomic mass is 10.2. The maximum absolute atomic E-state index is 11.5. The number of hydrogen-bond acceptors (Lipinski definition) is 5. The van der Waals surface area contributed by atoms with E-state index in [0.717, 1.165) is 31.9 Å². The number of anilines is 2. The van der Waals surface area contributed by atoms with Crippen LogP contribution in [-0.2, 0) is 0 Å². The van der Waals surface area contributed by atoms with Crippen molar-refractivity contribution in [3.8, 4) is 5.75 Å². The van der Waals surface area contributed by atoms with Crippen LogP contribution in [0.2, 0.25) is 0 Å². The molecule has 0 bridgehead atoms. The van der Waals surface area contributed by atoms with Gasteiger partial charge in [0.05, 0.1) is 5.69 Å². The Morgan fingerprint density at radius 3 is 2.48 bits per heavy atom. The lowest BCUT2D eigenvalue weighted by Crippen LogP contribution is -2.47. The highest BCUT2D eigenvalue weighted by Gasteiger charge is 2.20. The van der Waals surface area contributed by atoms with E-state index < -0.39 is 0 Å². The van der Waals surface area contributed by atoms with E-state index in [-0.39, 0.29) is 5.56 Å². The van der Waals surface area contributed by atoms with Crippen molar-refractivity contribution in [3.05, 3.63) is 46.5 Å². The number of aromatic hydroxyl groups is 1. The van der Waals surface area contributed by atoms with Gasteiger partial charge in [0.1, 0.15) is 17.4 Å². The van der Waals surface area contributed by atoms with Gasteiger partial charge in [-0.1, -0.05) is 12.1 Å². The van der Waals surface area contributed by atoms with Crippen molar-refractivity contribution >= 4 is 11.5 Å². The number of para-hydroxylation sites is 2. The fourth-order valence-corrected chi connectivity index (χ4v) is 2.63. The van der Waals surface area contributed by atoms with Crippen molar-refractivity contribution in [2.24, 2.45) is 0 Å². The molecule has 6 nitrogen and oxygen atoms in total. The molecular formula is C15H18N4O2. The molecule has 0 atom stereocenters. The molecule has 1 saturated heterocycles. The number of rotatable bonds is 2. The number of hydrogen-bond donors (Lipinski definition) is 2. The van der Waals surface area contributed by atoms with Gasteiger partial charge >= 0.3 is 0 Å². The van der Waals surface area contributed by atoms with E-state index in [4.69, 9.17) is 0 Å². The molecule has 2 aromatic rings.